The van der Waals surface area contributed by atoms with Crippen LogP contribution in [0, 0.1) is 17.1 Å². The summed E-state index contributed by atoms with van der Waals surface area (Å²) in [6.45, 7) is 2.00. The molecule has 0 bridgehead atoms. The Morgan fingerprint density at radius 2 is 1.90 bits per heavy atom. The number of nitriles is 1. The fraction of sp³-hybridized carbons (Fsp3) is 0.548. The number of sulfone groups is 1. The molecular weight excluding hydrogens is 778 g/mol. The van der Waals surface area contributed by atoms with E-state index in [1.54, 1.807) is 20.8 Å². The second-order valence-corrected chi connectivity index (χ2v) is 17.1. The molecule has 3 heterocycles. The lowest BCUT2D eigenvalue weighted by Gasteiger charge is -2.50. The molecule has 2 amide bonds. The number of aliphatic hydroxyl groups is 1. The molecule has 2 saturated heterocycles. The summed E-state index contributed by atoms with van der Waals surface area (Å²) < 4.78 is 91.9. The van der Waals surface area contributed by atoms with Crippen LogP contribution in [0.4, 0.5) is 22.4 Å². The van der Waals surface area contributed by atoms with Crippen molar-refractivity contribution < 1.29 is 50.1 Å². The number of likely N-dealkylation sites (tertiary alicyclic amines) is 2. The maximum Gasteiger partial charge on any atom is 0.422 e. The summed E-state index contributed by atoms with van der Waals surface area (Å²) in [4.78, 5) is 33.6. The molecule has 1 unspecified atom stereocenters. The van der Waals surface area contributed by atoms with Gasteiger partial charge in [-0.25, -0.2) is 17.6 Å². The number of pyridine rings is 1. The van der Waals surface area contributed by atoms with Gasteiger partial charge in [0.2, 0.25) is 5.91 Å². The molecule has 2 aromatic rings. The molecule has 5 rings (SSSR count). The van der Waals surface area contributed by atoms with E-state index in [0.29, 0.717) is 12.8 Å². The Labute approximate surface area is 298 Å². The van der Waals surface area contributed by atoms with Gasteiger partial charge >= 0.3 is 12.3 Å². The number of aromatic nitrogens is 1. The number of benzene rings is 1. The number of hydrogen-bond acceptors (Lipinski definition) is 10. The molecular formula is C31H33BrClF4N5O7S. The number of amides is 2. The quantitative estimate of drug-likeness (QED) is 0.273. The molecule has 50 heavy (non-hydrogen) atoms. The fourth-order valence-corrected chi connectivity index (χ4v) is 8.56. The predicted molar refractivity (Wildman–Crippen MR) is 172 cm³/mol. The Hall–Kier alpha value is -3.24. The van der Waals surface area contributed by atoms with Crippen molar-refractivity contribution in [3.8, 4) is 11.8 Å². The zero-order valence-corrected chi connectivity index (χ0v) is 30.1. The van der Waals surface area contributed by atoms with Crippen LogP contribution in [0.1, 0.15) is 45.7 Å². The summed E-state index contributed by atoms with van der Waals surface area (Å²) in [7, 11) is -4.44. The molecule has 272 valence electrons. The molecule has 3 fully saturated rings. The third kappa shape index (κ3) is 7.81. The van der Waals surface area contributed by atoms with Crippen molar-refractivity contribution >= 4 is 49.4 Å². The summed E-state index contributed by atoms with van der Waals surface area (Å²) in [5.41, 5.74) is -4.12. The number of nitrogens with zero attached hydrogens (tertiary/aromatic N) is 4. The van der Waals surface area contributed by atoms with Gasteiger partial charge in [-0.05, 0) is 74.2 Å². The molecule has 3 atom stereocenters. The van der Waals surface area contributed by atoms with E-state index in [4.69, 9.17) is 16.3 Å². The van der Waals surface area contributed by atoms with Crippen molar-refractivity contribution in [2.75, 3.05) is 26.2 Å². The molecule has 1 saturated carbocycles. The van der Waals surface area contributed by atoms with E-state index in [1.807, 2.05) is 0 Å². The third-order valence-corrected chi connectivity index (χ3v) is 11.7. The van der Waals surface area contributed by atoms with Gasteiger partial charge in [-0.15, -0.1) is 0 Å². The third-order valence-electron chi connectivity index (χ3n) is 8.61. The number of carbonyl (C=O) groups excluding carboxylic acids is 2. The standard InChI is InChI=1S/C31H33BrClF4N5O7S/c1-28(2,3)49-27(45)41-14-30(15-41,24-21(34)8-17(32)11-39-24)26(44)42-12-19(10-22(42)25(43)40-29(13-38)6-7-29)50(46,47)23-5-4-18(9-20(23)33)48-16-31(35,36)37/h4-5,8-9,11,19,22,25,40,43H,6-7,10,12,14-16H2,1-3H3/t19-,22+,25?/m1/s1. The van der Waals surface area contributed by atoms with Crippen LogP contribution in [-0.2, 0) is 24.8 Å². The molecule has 0 radical (unpaired) electrons. The van der Waals surface area contributed by atoms with Crippen LogP contribution >= 0.6 is 27.5 Å². The Morgan fingerprint density at radius 3 is 2.44 bits per heavy atom. The maximum atomic E-state index is 15.6. The highest BCUT2D eigenvalue weighted by Gasteiger charge is 2.60. The first-order valence-corrected chi connectivity index (χ1v) is 18.0. The second kappa shape index (κ2) is 13.4. The SMILES string of the molecule is CC(C)(C)OC(=O)N1CC(C(=O)N2C[C@H](S(=O)(=O)c3ccc(OCC(F)(F)F)cc3Cl)C[C@H]2C(O)NC2(C#N)CC2)(c2ncc(Br)cc2F)C1. The van der Waals surface area contributed by atoms with Crippen molar-refractivity contribution in [1.82, 2.24) is 20.1 Å². The van der Waals surface area contributed by atoms with Crippen LogP contribution in [0.3, 0.4) is 0 Å². The van der Waals surface area contributed by atoms with Gasteiger partial charge < -0.3 is 24.4 Å². The Morgan fingerprint density at radius 1 is 1.24 bits per heavy atom. The number of aliphatic hydroxyl groups excluding tert-OH is 1. The van der Waals surface area contributed by atoms with E-state index in [-0.39, 0.29) is 35.4 Å². The maximum absolute atomic E-state index is 15.6. The minimum absolute atomic E-state index is 0.271. The number of rotatable bonds is 9. The van der Waals surface area contributed by atoms with E-state index in [2.05, 4.69) is 37.0 Å². The minimum Gasteiger partial charge on any atom is -0.484 e. The van der Waals surface area contributed by atoms with Crippen LogP contribution in [0.2, 0.25) is 5.02 Å². The highest BCUT2D eigenvalue weighted by Crippen LogP contribution is 2.43. The van der Waals surface area contributed by atoms with Crippen LogP contribution in [0.15, 0.2) is 39.8 Å². The topological polar surface area (TPSA) is 162 Å². The van der Waals surface area contributed by atoms with Crippen LogP contribution < -0.4 is 10.1 Å². The van der Waals surface area contributed by atoms with Gasteiger partial charge in [-0.2, -0.15) is 18.4 Å². The normalized spacial score (nSPS) is 21.9. The number of ether oxygens (including phenoxy) is 2. The van der Waals surface area contributed by atoms with Crippen LogP contribution in [0.25, 0.3) is 0 Å². The number of carbonyl (C=O) groups is 2. The molecule has 1 aromatic carbocycles. The van der Waals surface area contributed by atoms with Gasteiger partial charge in [0.05, 0.1) is 33.0 Å². The predicted octanol–water partition coefficient (Wildman–Crippen LogP) is 4.47. The first kappa shape index (κ1) is 38.0. The van der Waals surface area contributed by atoms with Crippen molar-refractivity contribution in [2.45, 2.75) is 85.2 Å². The number of nitrogens with one attached hydrogen (secondary N) is 1. The van der Waals surface area contributed by atoms with Crippen molar-refractivity contribution in [3.05, 3.63) is 51.5 Å². The van der Waals surface area contributed by atoms with E-state index < -0.39 is 91.0 Å². The van der Waals surface area contributed by atoms with Crippen molar-refractivity contribution in [1.29, 1.82) is 5.26 Å². The van der Waals surface area contributed by atoms with Crippen LogP contribution in [0.5, 0.6) is 5.75 Å². The van der Waals surface area contributed by atoms with E-state index in [0.717, 1.165) is 29.2 Å². The highest BCUT2D eigenvalue weighted by atomic mass is 79.9. The largest absolute Gasteiger partial charge is 0.484 e. The number of alkyl halides is 3. The molecule has 1 aromatic heterocycles. The Balaban J connectivity index is 1.50. The van der Waals surface area contributed by atoms with E-state index in [1.165, 1.54) is 11.1 Å². The second-order valence-electron chi connectivity index (χ2n) is 13.6. The lowest BCUT2D eigenvalue weighted by atomic mass is 9.74. The van der Waals surface area contributed by atoms with Gasteiger partial charge in [0.25, 0.3) is 0 Å². The number of halogens is 6. The molecule has 0 spiro atoms. The van der Waals surface area contributed by atoms with E-state index >= 15 is 4.39 Å². The van der Waals surface area contributed by atoms with Crippen molar-refractivity contribution in [2.24, 2.45) is 0 Å². The van der Waals surface area contributed by atoms with Gasteiger partial charge in [-0.1, -0.05) is 11.6 Å². The monoisotopic (exact) mass is 809 g/mol. The van der Waals surface area contributed by atoms with E-state index in [9.17, 15) is 41.5 Å². The first-order chi connectivity index (χ1) is 23.1. The van der Waals surface area contributed by atoms with Crippen molar-refractivity contribution in [3.63, 3.8) is 0 Å². The van der Waals surface area contributed by atoms with Gasteiger partial charge in [0.1, 0.15) is 34.3 Å². The smallest absolute Gasteiger partial charge is 0.422 e. The average molecular weight is 811 g/mol. The summed E-state index contributed by atoms with van der Waals surface area (Å²) in [6.07, 6.45) is -5.36. The lowest BCUT2D eigenvalue weighted by Crippen LogP contribution is -2.70. The van der Waals surface area contributed by atoms with Gasteiger partial charge in [0.15, 0.2) is 16.4 Å². The summed E-state index contributed by atoms with van der Waals surface area (Å²) >= 11 is 9.38. The van der Waals surface area contributed by atoms with Crippen LogP contribution in [-0.4, -0.2) is 101 Å². The number of hydrogen-bond donors (Lipinski definition) is 2. The molecule has 1 aliphatic carbocycles. The average Bonchev–Trinajstić information content (AvgIpc) is 3.59. The lowest BCUT2D eigenvalue weighted by molar-refractivity contribution is -0.153. The highest BCUT2D eigenvalue weighted by molar-refractivity contribution is 9.10. The zero-order chi connectivity index (χ0) is 37.0. The molecule has 2 aliphatic heterocycles. The van der Waals surface area contributed by atoms with Gasteiger partial charge in [-0.3, -0.25) is 15.1 Å². The Bertz CT molecular complexity index is 1830. The van der Waals surface area contributed by atoms with Gasteiger partial charge in [0, 0.05) is 36.4 Å². The summed E-state index contributed by atoms with van der Waals surface area (Å²) in [5.74, 6) is -2.04. The summed E-state index contributed by atoms with van der Waals surface area (Å²) in [6, 6.07) is 4.80. The molecule has 12 nitrogen and oxygen atoms in total. The summed E-state index contributed by atoms with van der Waals surface area (Å²) in [5, 5.41) is 21.9. The molecule has 19 heteroatoms. The minimum atomic E-state index is -4.65. The zero-order valence-electron chi connectivity index (χ0n) is 26.9. The molecule has 3 aliphatic rings. The molecule has 2 N–H and O–H groups in total. The first-order valence-electron chi connectivity index (χ1n) is 15.3. The Kier molecular flexibility index (Phi) is 10.2. The fourth-order valence-electron chi connectivity index (χ4n) is 6.01.